The largest absolute Gasteiger partial charge is 0.490 e. The fraction of sp³-hybridized carbons (Fsp3) is 0.643. The van der Waals surface area contributed by atoms with Gasteiger partial charge in [0.15, 0.2) is 0 Å². The summed E-state index contributed by atoms with van der Waals surface area (Å²) in [5, 5.41) is 0. The van der Waals surface area contributed by atoms with Gasteiger partial charge in [-0.2, -0.15) is 0 Å². The molecule has 1 aliphatic heterocycles. The minimum absolute atomic E-state index is 0.385. The zero-order valence-corrected chi connectivity index (χ0v) is 10.6. The maximum atomic E-state index is 5.94. The number of likely N-dealkylation sites (tertiary alicyclic amines) is 1. The Kier molecular flexibility index (Phi) is 4.80. The standard InChI is InChI=1S/C14H22N2O/c1-2-3-10-16-11-6-14(7-12-16)17-13-4-8-15-9-5-13/h4-5,8-9,14H,2-3,6-7,10-12H2,1H3. The Morgan fingerprint density at radius 2 is 2.00 bits per heavy atom. The molecule has 1 aliphatic rings. The summed E-state index contributed by atoms with van der Waals surface area (Å²) in [4.78, 5) is 6.55. The second-order valence-corrected chi connectivity index (χ2v) is 4.70. The SMILES string of the molecule is CCCCN1CCC(Oc2ccncc2)CC1. The molecule has 3 nitrogen and oxygen atoms in total. The van der Waals surface area contributed by atoms with Crippen molar-refractivity contribution in [3.8, 4) is 5.75 Å². The van der Waals surface area contributed by atoms with E-state index < -0.39 is 0 Å². The van der Waals surface area contributed by atoms with E-state index in [0.717, 1.165) is 18.6 Å². The van der Waals surface area contributed by atoms with Gasteiger partial charge in [-0.1, -0.05) is 13.3 Å². The monoisotopic (exact) mass is 234 g/mol. The fourth-order valence-electron chi connectivity index (χ4n) is 2.24. The Morgan fingerprint density at radius 1 is 1.29 bits per heavy atom. The van der Waals surface area contributed by atoms with E-state index in [1.165, 1.54) is 32.5 Å². The predicted octanol–water partition coefficient (Wildman–Crippen LogP) is 2.72. The van der Waals surface area contributed by atoms with Crippen LogP contribution in [-0.4, -0.2) is 35.6 Å². The minimum atomic E-state index is 0.385. The molecule has 1 aromatic heterocycles. The highest BCUT2D eigenvalue weighted by atomic mass is 16.5. The van der Waals surface area contributed by atoms with Crippen LogP contribution in [0.2, 0.25) is 0 Å². The smallest absolute Gasteiger partial charge is 0.122 e. The van der Waals surface area contributed by atoms with E-state index in [1.54, 1.807) is 12.4 Å². The van der Waals surface area contributed by atoms with Crippen molar-refractivity contribution >= 4 is 0 Å². The van der Waals surface area contributed by atoms with Gasteiger partial charge in [-0.3, -0.25) is 4.98 Å². The summed E-state index contributed by atoms with van der Waals surface area (Å²) in [6, 6.07) is 3.87. The molecule has 2 heterocycles. The van der Waals surface area contributed by atoms with Crippen LogP contribution in [-0.2, 0) is 0 Å². The second-order valence-electron chi connectivity index (χ2n) is 4.70. The fourth-order valence-corrected chi connectivity index (χ4v) is 2.24. The van der Waals surface area contributed by atoms with Gasteiger partial charge in [-0.25, -0.2) is 0 Å². The Hall–Kier alpha value is -1.09. The summed E-state index contributed by atoms with van der Waals surface area (Å²) >= 11 is 0. The summed E-state index contributed by atoms with van der Waals surface area (Å²) in [5.41, 5.74) is 0. The third-order valence-corrected chi connectivity index (χ3v) is 3.31. The normalized spacial score (nSPS) is 18.2. The third kappa shape index (κ3) is 4.00. The number of hydrogen-bond acceptors (Lipinski definition) is 3. The Morgan fingerprint density at radius 3 is 2.65 bits per heavy atom. The third-order valence-electron chi connectivity index (χ3n) is 3.31. The van der Waals surface area contributed by atoms with Crippen LogP contribution < -0.4 is 4.74 Å². The quantitative estimate of drug-likeness (QED) is 0.783. The zero-order chi connectivity index (χ0) is 11.9. The molecular formula is C14H22N2O. The number of pyridine rings is 1. The highest BCUT2D eigenvalue weighted by Crippen LogP contribution is 2.18. The summed E-state index contributed by atoms with van der Waals surface area (Å²) in [6.07, 6.45) is 8.84. The molecule has 0 bridgehead atoms. The Balaban J connectivity index is 1.72. The molecule has 1 fully saturated rings. The molecular weight excluding hydrogens is 212 g/mol. The van der Waals surface area contributed by atoms with Gasteiger partial charge in [-0.05, 0) is 37.9 Å². The number of aromatic nitrogens is 1. The molecule has 1 aromatic rings. The first-order chi connectivity index (χ1) is 8.38. The first-order valence-corrected chi connectivity index (χ1v) is 6.67. The first-order valence-electron chi connectivity index (χ1n) is 6.67. The van der Waals surface area contributed by atoms with E-state index in [4.69, 9.17) is 4.74 Å². The summed E-state index contributed by atoms with van der Waals surface area (Å²) in [5.74, 6) is 0.951. The van der Waals surface area contributed by atoms with Crippen LogP contribution in [0.5, 0.6) is 5.75 Å². The van der Waals surface area contributed by atoms with E-state index in [-0.39, 0.29) is 0 Å². The summed E-state index contributed by atoms with van der Waals surface area (Å²) < 4.78 is 5.94. The van der Waals surface area contributed by atoms with Gasteiger partial charge in [0.25, 0.3) is 0 Å². The lowest BCUT2D eigenvalue weighted by Gasteiger charge is -2.32. The molecule has 0 saturated carbocycles. The highest BCUT2D eigenvalue weighted by molar-refractivity contribution is 5.17. The highest BCUT2D eigenvalue weighted by Gasteiger charge is 2.19. The minimum Gasteiger partial charge on any atom is -0.490 e. The van der Waals surface area contributed by atoms with Crippen molar-refractivity contribution in [3.63, 3.8) is 0 Å². The number of piperidine rings is 1. The molecule has 94 valence electrons. The van der Waals surface area contributed by atoms with Gasteiger partial charge in [-0.15, -0.1) is 0 Å². The average Bonchev–Trinajstić information content (AvgIpc) is 2.39. The van der Waals surface area contributed by atoms with Crippen molar-refractivity contribution in [2.24, 2.45) is 0 Å². The molecule has 1 saturated heterocycles. The molecule has 0 radical (unpaired) electrons. The number of ether oxygens (including phenoxy) is 1. The van der Waals surface area contributed by atoms with Gasteiger partial charge in [0, 0.05) is 25.5 Å². The summed E-state index contributed by atoms with van der Waals surface area (Å²) in [6.45, 7) is 5.85. The van der Waals surface area contributed by atoms with Crippen LogP contribution in [0.1, 0.15) is 32.6 Å². The molecule has 2 rings (SSSR count). The predicted molar refractivity (Wildman–Crippen MR) is 69.2 cm³/mol. The molecule has 0 amide bonds. The Labute approximate surface area is 104 Å². The van der Waals surface area contributed by atoms with Crippen LogP contribution in [0, 0.1) is 0 Å². The molecule has 3 heteroatoms. The lowest BCUT2D eigenvalue weighted by molar-refractivity contribution is 0.0998. The van der Waals surface area contributed by atoms with E-state index in [2.05, 4.69) is 16.8 Å². The van der Waals surface area contributed by atoms with Crippen molar-refractivity contribution in [1.29, 1.82) is 0 Å². The molecule has 17 heavy (non-hydrogen) atoms. The maximum Gasteiger partial charge on any atom is 0.122 e. The topological polar surface area (TPSA) is 25.4 Å². The van der Waals surface area contributed by atoms with Gasteiger partial charge >= 0.3 is 0 Å². The van der Waals surface area contributed by atoms with Crippen LogP contribution in [0.25, 0.3) is 0 Å². The van der Waals surface area contributed by atoms with E-state index >= 15 is 0 Å². The average molecular weight is 234 g/mol. The van der Waals surface area contributed by atoms with Crippen LogP contribution in [0.4, 0.5) is 0 Å². The molecule has 0 aliphatic carbocycles. The van der Waals surface area contributed by atoms with Crippen LogP contribution in [0.15, 0.2) is 24.5 Å². The number of rotatable bonds is 5. The number of unbranched alkanes of at least 4 members (excludes halogenated alkanes) is 1. The van der Waals surface area contributed by atoms with Gasteiger partial charge in [0.2, 0.25) is 0 Å². The molecule has 0 spiro atoms. The van der Waals surface area contributed by atoms with Gasteiger partial charge < -0.3 is 9.64 Å². The van der Waals surface area contributed by atoms with Crippen molar-refractivity contribution in [3.05, 3.63) is 24.5 Å². The van der Waals surface area contributed by atoms with E-state index in [1.807, 2.05) is 12.1 Å². The van der Waals surface area contributed by atoms with Crippen LogP contribution >= 0.6 is 0 Å². The molecule has 0 unspecified atom stereocenters. The van der Waals surface area contributed by atoms with Gasteiger partial charge in [0.1, 0.15) is 11.9 Å². The second kappa shape index (κ2) is 6.60. The lowest BCUT2D eigenvalue weighted by atomic mass is 10.1. The van der Waals surface area contributed by atoms with E-state index in [0.29, 0.717) is 6.10 Å². The lowest BCUT2D eigenvalue weighted by Crippen LogP contribution is -2.38. The van der Waals surface area contributed by atoms with Crippen LogP contribution in [0.3, 0.4) is 0 Å². The van der Waals surface area contributed by atoms with Crippen molar-refractivity contribution in [2.75, 3.05) is 19.6 Å². The Bertz CT molecular complexity index is 307. The zero-order valence-electron chi connectivity index (χ0n) is 10.6. The molecule has 0 atom stereocenters. The molecule has 0 aromatic carbocycles. The van der Waals surface area contributed by atoms with Gasteiger partial charge in [0.05, 0.1) is 0 Å². The maximum absolute atomic E-state index is 5.94. The van der Waals surface area contributed by atoms with E-state index in [9.17, 15) is 0 Å². The number of nitrogens with zero attached hydrogens (tertiary/aromatic N) is 2. The first kappa shape index (κ1) is 12.4. The van der Waals surface area contributed by atoms with Crippen molar-refractivity contribution < 1.29 is 4.74 Å². The number of hydrogen-bond donors (Lipinski definition) is 0. The van der Waals surface area contributed by atoms with Crippen molar-refractivity contribution in [2.45, 2.75) is 38.7 Å². The summed E-state index contributed by atoms with van der Waals surface area (Å²) in [7, 11) is 0. The molecule has 0 N–H and O–H groups in total. The van der Waals surface area contributed by atoms with Crippen molar-refractivity contribution in [1.82, 2.24) is 9.88 Å².